The van der Waals surface area contributed by atoms with E-state index in [0.29, 0.717) is 22.5 Å². The minimum atomic E-state index is -3.76. The van der Waals surface area contributed by atoms with E-state index in [0.717, 1.165) is 29.9 Å². The van der Waals surface area contributed by atoms with Crippen LogP contribution in [0.1, 0.15) is 61.7 Å². The van der Waals surface area contributed by atoms with Crippen LogP contribution in [-0.4, -0.2) is 52.6 Å². The lowest BCUT2D eigenvalue weighted by Gasteiger charge is -2.33. The summed E-state index contributed by atoms with van der Waals surface area (Å²) in [6, 6.07) is 5.73. The van der Waals surface area contributed by atoms with Crippen LogP contribution in [0.5, 0.6) is 5.75 Å². The Morgan fingerprint density at radius 3 is 2.46 bits per heavy atom. The van der Waals surface area contributed by atoms with Gasteiger partial charge in [0.25, 0.3) is 0 Å². The largest absolute Gasteiger partial charge is 0.495 e. The molecular weight excluding hydrogens is 490 g/mol. The number of para-hydroxylation sites is 1. The second kappa shape index (κ2) is 10.2. The molecule has 2 aromatic heterocycles. The van der Waals surface area contributed by atoms with E-state index in [1.165, 1.54) is 19.5 Å². The number of halogens is 1. The Labute approximate surface area is 210 Å². The van der Waals surface area contributed by atoms with Crippen LogP contribution in [0.2, 0.25) is 5.02 Å². The van der Waals surface area contributed by atoms with E-state index < -0.39 is 21.2 Å². The topological polar surface area (TPSA) is 109 Å². The van der Waals surface area contributed by atoms with Crippen molar-refractivity contribution in [3.8, 4) is 11.4 Å². The first-order valence-corrected chi connectivity index (χ1v) is 13.6. The molecule has 1 fully saturated rings. The van der Waals surface area contributed by atoms with Crippen LogP contribution in [0.15, 0.2) is 30.6 Å². The Morgan fingerprint density at radius 2 is 1.89 bits per heavy atom. The van der Waals surface area contributed by atoms with Gasteiger partial charge in [0, 0.05) is 25.4 Å². The van der Waals surface area contributed by atoms with E-state index in [4.69, 9.17) is 21.1 Å². The second-order valence-electron chi connectivity index (χ2n) is 9.02. The Kier molecular flexibility index (Phi) is 7.44. The van der Waals surface area contributed by atoms with Gasteiger partial charge in [0.15, 0.2) is 21.5 Å². The molecule has 0 radical (unpaired) electrons. The maximum absolute atomic E-state index is 13.6. The molecule has 1 aliphatic carbocycles. The SMILES string of the molecule is COc1cccc(C)c1-n1c(CS(=O)(=O)[C@@H](C)[C@H](OC)c2ncc(Cl)cn2)nnc1[C@@H]1CC[C@H]1C. The molecule has 0 aliphatic heterocycles. The van der Waals surface area contributed by atoms with Crippen LogP contribution in [0.3, 0.4) is 0 Å². The summed E-state index contributed by atoms with van der Waals surface area (Å²) in [5, 5.41) is 8.27. The summed E-state index contributed by atoms with van der Waals surface area (Å²) < 4.78 is 40.3. The van der Waals surface area contributed by atoms with Crippen LogP contribution in [0, 0.1) is 12.8 Å². The number of hydrogen-bond acceptors (Lipinski definition) is 8. The first kappa shape index (κ1) is 25.5. The van der Waals surface area contributed by atoms with Crippen molar-refractivity contribution in [1.82, 2.24) is 24.7 Å². The lowest BCUT2D eigenvalue weighted by Crippen LogP contribution is -2.30. The molecule has 0 amide bonds. The van der Waals surface area contributed by atoms with E-state index in [-0.39, 0.29) is 17.5 Å². The molecule has 1 aromatic carbocycles. The first-order chi connectivity index (χ1) is 16.7. The van der Waals surface area contributed by atoms with E-state index in [1.807, 2.05) is 29.7 Å². The summed E-state index contributed by atoms with van der Waals surface area (Å²) in [5.74, 6) is 2.30. The molecule has 1 saturated carbocycles. The van der Waals surface area contributed by atoms with Crippen molar-refractivity contribution in [2.45, 2.75) is 56.6 Å². The predicted octanol–water partition coefficient (Wildman–Crippen LogP) is 4.23. The molecule has 4 atom stereocenters. The van der Waals surface area contributed by atoms with Crippen molar-refractivity contribution >= 4 is 21.4 Å². The maximum Gasteiger partial charge on any atom is 0.163 e. The second-order valence-corrected chi connectivity index (χ2v) is 11.8. The van der Waals surface area contributed by atoms with Gasteiger partial charge in [-0.2, -0.15) is 0 Å². The Balaban J connectivity index is 1.76. The fourth-order valence-electron chi connectivity index (χ4n) is 4.52. The number of aryl methyl sites for hydroxylation is 1. The van der Waals surface area contributed by atoms with Gasteiger partial charge in [0.05, 0.1) is 23.1 Å². The Bertz CT molecular complexity index is 1300. The third-order valence-electron chi connectivity index (χ3n) is 6.82. The van der Waals surface area contributed by atoms with E-state index >= 15 is 0 Å². The average molecular weight is 520 g/mol. The molecule has 0 spiro atoms. The third kappa shape index (κ3) is 4.92. The van der Waals surface area contributed by atoms with Gasteiger partial charge in [0.2, 0.25) is 0 Å². The molecular formula is C24H30ClN5O4S. The molecule has 3 aromatic rings. The maximum atomic E-state index is 13.6. The summed E-state index contributed by atoms with van der Waals surface area (Å²) in [4.78, 5) is 8.33. The zero-order chi connectivity index (χ0) is 25.3. The first-order valence-electron chi connectivity index (χ1n) is 11.5. The summed E-state index contributed by atoms with van der Waals surface area (Å²) in [6.07, 6.45) is 4.05. The van der Waals surface area contributed by atoms with Crippen LogP contribution in [0.25, 0.3) is 5.69 Å². The normalized spacial score (nSPS) is 19.7. The smallest absolute Gasteiger partial charge is 0.163 e. The highest BCUT2D eigenvalue weighted by Crippen LogP contribution is 2.43. The standard InChI is InChI=1S/C24H30ClN5O4S/c1-14-9-10-18(14)24-29-28-20(30(24)21-15(2)7-6-8-19(21)33-4)13-35(31,32)16(3)22(34-5)23-26-11-17(25)12-27-23/h6-8,11-12,14,16,18,22H,9-10,13H2,1-5H3/t14-,16+,18-,22+/m1/s1. The summed E-state index contributed by atoms with van der Waals surface area (Å²) in [7, 11) is -0.727. The molecule has 35 heavy (non-hydrogen) atoms. The molecule has 188 valence electrons. The number of ether oxygens (including phenoxy) is 2. The summed E-state index contributed by atoms with van der Waals surface area (Å²) in [5.41, 5.74) is 1.70. The molecule has 2 heterocycles. The van der Waals surface area contributed by atoms with Crippen LogP contribution in [-0.2, 0) is 20.3 Å². The number of rotatable bonds is 9. The lowest BCUT2D eigenvalue weighted by atomic mass is 9.74. The minimum Gasteiger partial charge on any atom is -0.495 e. The molecule has 0 saturated heterocycles. The monoisotopic (exact) mass is 519 g/mol. The van der Waals surface area contributed by atoms with Crippen molar-refractivity contribution < 1.29 is 17.9 Å². The van der Waals surface area contributed by atoms with E-state index in [2.05, 4.69) is 27.1 Å². The van der Waals surface area contributed by atoms with Crippen molar-refractivity contribution in [3.05, 3.63) is 58.7 Å². The van der Waals surface area contributed by atoms with Crippen molar-refractivity contribution in [2.75, 3.05) is 14.2 Å². The Hall–Kier alpha value is -2.56. The van der Waals surface area contributed by atoms with Gasteiger partial charge >= 0.3 is 0 Å². The highest BCUT2D eigenvalue weighted by molar-refractivity contribution is 7.91. The van der Waals surface area contributed by atoms with Crippen molar-refractivity contribution in [1.29, 1.82) is 0 Å². The zero-order valence-electron chi connectivity index (χ0n) is 20.5. The zero-order valence-corrected chi connectivity index (χ0v) is 22.0. The highest BCUT2D eigenvalue weighted by Gasteiger charge is 2.38. The molecule has 1 aliphatic rings. The van der Waals surface area contributed by atoms with Crippen molar-refractivity contribution in [2.24, 2.45) is 5.92 Å². The Morgan fingerprint density at radius 1 is 1.17 bits per heavy atom. The fraction of sp³-hybridized carbons (Fsp3) is 0.500. The van der Waals surface area contributed by atoms with E-state index in [9.17, 15) is 8.42 Å². The molecule has 0 unspecified atom stereocenters. The van der Waals surface area contributed by atoms with E-state index in [1.54, 1.807) is 14.0 Å². The number of methoxy groups -OCH3 is 2. The van der Waals surface area contributed by atoms with Crippen LogP contribution >= 0.6 is 11.6 Å². The molecule has 4 rings (SSSR count). The molecule has 9 nitrogen and oxygen atoms in total. The third-order valence-corrected chi connectivity index (χ3v) is 9.06. The minimum absolute atomic E-state index is 0.204. The highest BCUT2D eigenvalue weighted by atomic mass is 35.5. The number of nitrogens with zero attached hydrogens (tertiary/aromatic N) is 5. The van der Waals surface area contributed by atoms with Gasteiger partial charge in [0.1, 0.15) is 23.4 Å². The number of sulfone groups is 1. The molecule has 0 bridgehead atoms. The molecule has 11 heteroatoms. The summed E-state index contributed by atoms with van der Waals surface area (Å²) in [6.45, 7) is 5.73. The van der Waals surface area contributed by atoms with Crippen LogP contribution in [0.4, 0.5) is 0 Å². The number of aromatic nitrogens is 5. The number of hydrogen-bond donors (Lipinski definition) is 0. The van der Waals surface area contributed by atoms with Gasteiger partial charge in [-0.15, -0.1) is 10.2 Å². The van der Waals surface area contributed by atoms with Gasteiger partial charge < -0.3 is 9.47 Å². The quantitative estimate of drug-likeness (QED) is 0.413. The lowest BCUT2D eigenvalue weighted by molar-refractivity contribution is 0.0948. The van der Waals surface area contributed by atoms with Gasteiger partial charge in [-0.1, -0.05) is 30.7 Å². The predicted molar refractivity (Wildman–Crippen MR) is 133 cm³/mol. The fourth-order valence-corrected chi connectivity index (χ4v) is 6.03. The summed E-state index contributed by atoms with van der Waals surface area (Å²) >= 11 is 5.89. The van der Waals surface area contributed by atoms with Crippen LogP contribution < -0.4 is 4.74 Å². The molecule has 0 N–H and O–H groups in total. The van der Waals surface area contributed by atoms with Gasteiger partial charge in [-0.05, 0) is 44.2 Å². The van der Waals surface area contributed by atoms with Gasteiger partial charge in [-0.3, -0.25) is 4.57 Å². The number of benzene rings is 1. The van der Waals surface area contributed by atoms with Crippen molar-refractivity contribution in [3.63, 3.8) is 0 Å². The average Bonchev–Trinajstić information content (AvgIpc) is 3.20. The van der Waals surface area contributed by atoms with Gasteiger partial charge in [-0.25, -0.2) is 18.4 Å².